The van der Waals surface area contributed by atoms with E-state index in [1.165, 1.54) is 75.7 Å². The van der Waals surface area contributed by atoms with Crippen LogP contribution in [-0.4, -0.2) is 0 Å². The molecule has 1 saturated carbocycles. The Bertz CT molecular complexity index is 1470. The lowest BCUT2D eigenvalue weighted by molar-refractivity contribution is -0.665. The van der Waals surface area contributed by atoms with Gasteiger partial charge in [0.15, 0.2) is 5.69 Å². The van der Waals surface area contributed by atoms with Crippen LogP contribution in [0.2, 0.25) is 0 Å². The third-order valence-corrected chi connectivity index (χ3v) is 8.46. The summed E-state index contributed by atoms with van der Waals surface area (Å²) in [6.45, 7) is 9.03. The maximum atomic E-state index is 8.96. The van der Waals surface area contributed by atoms with E-state index in [0.717, 1.165) is 11.1 Å². The topological polar surface area (TPSA) is 3.88 Å². The van der Waals surface area contributed by atoms with Gasteiger partial charge >= 0.3 is 0 Å². The molecule has 0 saturated heterocycles. The first kappa shape index (κ1) is 19.5. The molecule has 3 aromatic carbocycles. The summed E-state index contributed by atoms with van der Waals surface area (Å²) < 4.78 is 11.2. The van der Waals surface area contributed by atoms with Crippen molar-refractivity contribution in [2.45, 2.75) is 64.7 Å². The zero-order valence-corrected chi connectivity index (χ0v) is 20.5. The van der Waals surface area contributed by atoms with Gasteiger partial charge in [-0.2, -0.15) is 4.57 Å². The Balaban J connectivity index is 1.61. The van der Waals surface area contributed by atoms with E-state index in [4.69, 9.17) is 1.37 Å². The molecule has 1 heteroatoms. The Labute approximate surface area is 199 Å². The van der Waals surface area contributed by atoms with E-state index >= 15 is 0 Å². The van der Waals surface area contributed by atoms with Crippen molar-refractivity contribution < 1.29 is 5.94 Å². The average Bonchev–Trinajstić information content (AvgIpc) is 3.44. The summed E-state index contributed by atoms with van der Waals surface area (Å²) in [4.78, 5) is 0. The Morgan fingerprint density at radius 2 is 1.64 bits per heavy atom. The first-order valence-electron chi connectivity index (χ1n) is 13.0. The summed E-state index contributed by atoms with van der Waals surface area (Å²) >= 11 is 0. The van der Waals surface area contributed by atoms with Crippen LogP contribution >= 0.6 is 0 Å². The van der Waals surface area contributed by atoms with Gasteiger partial charge in [-0.15, -0.1) is 0 Å². The number of aryl methyl sites for hydroxylation is 1. The summed E-state index contributed by atoms with van der Waals surface area (Å²) in [6, 6.07) is 21.3. The quantitative estimate of drug-likeness (QED) is 0.283. The van der Waals surface area contributed by atoms with E-state index in [0.29, 0.717) is 12.0 Å². The van der Waals surface area contributed by atoms with E-state index in [1.54, 1.807) is 0 Å². The highest BCUT2D eigenvalue weighted by Crippen LogP contribution is 2.50. The van der Waals surface area contributed by atoms with E-state index in [-0.39, 0.29) is 5.41 Å². The number of nitrogens with zero attached hydrogens (tertiary/aromatic N) is 1. The molecule has 0 N–H and O–H groups in total. The van der Waals surface area contributed by atoms with E-state index in [9.17, 15) is 0 Å². The van der Waals surface area contributed by atoms with Gasteiger partial charge in [-0.1, -0.05) is 69.2 Å². The number of aromatic nitrogens is 1. The largest absolute Gasteiger partial charge is 0.220 e. The molecule has 0 atom stereocenters. The average molecular weight is 434 g/mol. The van der Waals surface area contributed by atoms with Crippen molar-refractivity contribution in [2.24, 2.45) is 7.05 Å². The minimum atomic E-state index is -0.0250. The molecule has 2 aliphatic carbocycles. The van der Waals surface area contributed by atoms with Gasteiger partial charge in [-0.3, -0.25) is 0 Å². The van der Waals surface area contributed by atoms with Crippen molar-refractivity contribution in [1.82, 2.24) is 0 Å². The lowest BCUT2D eigenvalue weighted by atomic mass is 9.81. The van der Waals surface area contributed by atoms with Crippen LogP contribution in [0, 0.1) is 13.8 Å². The molecule has 1 heterocycles. The van der Waals surface area contributed by atoms with Gasteiger partial charge < -0.3 is 0 Å². The highest BCUT2D eigenvalue weighted by atomic mass is 14.9. The fourth-order valence-corrected chi connectivity index (χ4v) is 6.45. The van der Waals surface area contributed by atoms with Crippen LogP contribution in [0.25, 0.3) is 33.2 Å². The standard InChI is InChI=1S/C32H34N/c1-20-16-28-26-12-8-9-13-29(26)32(3,4)30(28)19-27(20)31-25-15-14-23(22-10-6-7-11-22)18-24(25)17-21(2)33(31)5/h8-9,12-19,22H,6-7,10-11H2,1-5H3/q+1/i17D. The summed E-state index contributed by atoms with van der Waals surface area (Å²) in [6.07, 6.45) is 5.23. The molecule has 4 aromatic rings. The fraction of sp³-hybridized carbons (Fsp3) is 0.344. The second-order valence-corrected chi connectivity index (χ2v) is 10.8. The van der Waals surface area contributed by atoms with Crippen molar-refractivity contribution in [2.75, 3.05) is 0 Å². The summed E-state index contributed by atoms with van der Waals surface area (Å²) in [7, 11) is 2.12. The van der Waals surface area contributed by atoms with E-state index in [1.807, 2.05) is 0 Å². The van der Waals surface area contributed by atoms with Crippen LogP contribution in [0.3, 0.4) is 0 Å². The first-order valence-corrected chi connectivity index (χ1v) is 12.5. The van der Waals surface area contributed by atoms with Crippen LogP contribution in [0.5, 0.6) is 0 Å². The molecule has 166 valence electrons. The van der Waals surface area contributed by atoms with Gasteiger partial charge in [-0.25, -0.2) is 0 Å². The van der Waals surface area contributed by atoms with Crippen molar-refractivity contribution in [1.29, 1.82) is 0 Å². The summed E-state index contributed by atoms with van der Waals surface area (Å²) in [5.41, 5.74) is 11.8. The van der Waals surface area contributed by atoms with Crippen LogP contribution in [-0.2, 0) is 12.5 Å². The van der Waals surface area contributed by atoms with Crippen molar-refractivity contribution in [3.63, 3.8) is 0 Å². The predicted octanol–water partition coefficient (Wildman–Crippen LogP) is 7.91. The normalized spacial score (nSPS) is 17.3. The Kier molecular flexibility index (Phi) is 4.31. The number of fused-ring (bicyclic) bond motifs is 4. The highest BCUT2D eigenvalue weighted by molar-refractivity contribution is 5.95. The molecular weight excluding hydrogens is 398 g/mol. The number of hydrogen-bond donors (Lipinski definition) is 0. The molecule has 1 aromatic heterocycles. The molecule has 6 rings (SSSR count). The van der Waals surface area contributed by atoms with Crippen molar-refractivity contribution in [3.05, 3.63) is 88.6 Å². The molecule has 1 fully saturated rings. The van der Waals surface area contributed by atoms with E-state index in [2.05, 4.69) is 93.9 Å². The molecule has 1 nitrogen and oxygen atoms in total. The first-order chi connectivity index (χ1) is 16.3. The highest BCUT2D eigenvalue weighted by Gasteiger charge is 2.36. The Morgan fingerprint density at radius 3 is 2.42 bits per heavy atom. The molecule has 0 spiro atoms. The van der Waals surface area contributed by atoms with Crippen LogP contribution in [0.15, 0.2) is 60.6 Å². The molecule has 2 aliphatic rings. The van der Waals surface area contributed by atoms with Crippen LogP contribution in [0.1, 0.15) is 74.8 Å². The lowest BCUT2D eigenvalue weighted by Crippen LogP contribution is -2.35. The molecular formula is C32H34N+. The van der Waals surface area contributed by atoms with Crippen LogP contribution < -0.4 is 4.57 Å². The van der Waals surface area contributed by atoms with E-state index < -0.39 is 0 Å². The molecule has 0 radical (unpaired) electrons. The molecule has 0 amide bonds. The van der Waals surface area contributed by atoms with Gasteiger partial charge in [0.05, 0.1) is 12.3 Å². The molecule has 0 bridgehead atoms. The summed E-state index contributed by atoms with van der Waals surface area (Å²) in [5.74, 6) is 0.655. The smallest absolute Gasteiger partial charge is 0.198 e. The monoisotopic (exact) mass is 433 g/mol. The molecule has 33 heavy (non-hydrogen) atoms. The minimum Gasteiger partial charge on any atom is -0.198 e. The number of pyridine rings is 1. The second kappa shape index (κ2) is 7.29. The van der Waals surface area contributed by atoms with Crippen LogP contribution in [0.4, 0.5) is 0 Å². The van der Waals surface area contributed by atoms with Crippen molar-refractivity contribution >= 4 is 10.8 Å². The summed E-state index contributed by atoms with van der Waals surface area (Å²) in [5, 5.41) is 2.29. The second-order valence-electron chi connectivity index (χ2n) is 10.8. The van der Waals surface area contributed by atoms with Gasteiger partial charge in [0.25, 0.3) is 0 Å². The predicted molar refractivity (Wildman–Crippen MR) is 139 cm³/mol. The maximum Gasteiger partial charge on any atom is 0.220 e. The number of hydrogen-bond acceptors (Lipinski definition) is 0. The number of rotatable bonds is 2. The molecule has 0 unspecified atom stereocenters. The maximum absolute atomic E-state index is 8.96. The Morgan fingerprint density at radius 1 is 0.879 bits per heavy atom. The minimum absolute atomic E-state index is 0.0250. The number of benzene rings is 3. The van der Waals surface area contributed by atoms with Gasteiger partial charge in [0.1, 0.15) is 7.05 Å². The third-order valence-electron chi connectivity index (χ3n) is 8.46. The third kappa shape index (κ3) is 3.01. The molecule has 0 aliphatic heterocycles. The fourth-order valence-electron chi connectivity index (χ4n) is 6.45. The Hall–Kier alpha value is -2.93. The lowest BCUT2D eigenvalue weighted by Gasteiger charge is -2.22. The SMILES string of the molecule is [2H]c1c(C)[n+](C)c(-c2cc3c(cc2C)-c2ccccc2C3(C)C)c2ccc(C3CCCC3)cc12. The van der Waals surface area contributed by atoms with Crippen molar-refractivity contribution in [3.8, 4) is 22.4 Å². The zero-order valence-electron chi connectivity index (χ0n) is 21.5. The zero-order chi connectivity index (χ0) is 23.8. The van der Waals surface area contributed by atoms with Gasteiger partial charge in [0.2, 0.25) is 5.69 Å². The van der Waals surface area contributed by atoms with Gasteiger partial charge in [0, 0.05) is 18.4 Å². The van der Waals surface area contributed by atoms with Gasteiger partial charge in [-0.05, 0) is 76.6 Å².